The van der Waals surface area contributed by atoms with Gasteiger partial charge in [-0.25, -0.2) is 0 Å². The molecule has 0 amide bonds. The van der Waals surface area contributed by atoms with E-state index < -0.39 is 24.5 Å². The summed E-state index contributed by atoms with van der Waals surface area (Å²) < 4.78 is 43.5. The van der Waals surface area contributed by atoms with Crippen LogP contribution in [-0.2, 0) is 0 Å². The molecule has 1 rings (SSSR count). The third-order valence-corrected chi connectivity index (χ3v) is 2.81. The molecule has 1 aromatic rings. The summed E-state index contributed by atoms with van der Waals surface area (Å²) in [6.07, 6.45) is -4.57. The Hall–Kier alpha value is -1.24. The fraction of sp³-hybridized carbons (Fsp3) is 0.364. The average molecular weight is 325 g/mol. The van der Waals surface area contributed by atoms with Crippen LogP contribution in [0.1, 0.15) is 5.56 Å². The summed E-state index contributed by atoms with van der Waals surface area (Å²) in [5, 5.41) is 6.93. The van der Waals surface area contributed by atoms with Crippen molar-refractivity contribution < 1.29 is 17.9 Å². The maximum Gasteiger partial charge on any atom is 0.401 e. The van der Waals surface area contributed by atoms with Gasteiger partial charge in [0.05, 0.1) is 0 Å². The van der Waals surface area contributed by atoms with Gasteiger partial charge in [0.2, 0.25) is 0 Å². The van der Waals surface area contributed by atoms with Crippen LogP contribution in [0.25, 0.3) is 0 Å². The number of alkyl halides is 3. The Balaban J connectivity index is 2.77. The van der Waals surface area contributed by atoms with Crippen LogP contribution >= 0.6 is 15.9 Å². The summed E-state index contributed by atoms with van der Waals surface area (Å²) in [6.45, 7) is 1.03. The van der Waals surface area contributed by atoms with Crippen molar-refractivity contribution in [2.45, 2.75) is 13.1 Å². The fourth-order valence-corrected chi connectivity index (χ4v) is 1.78. The van der Waals surface area contributed by atoms with Crippen molar-refractivity contribution in [3.8, 4) is 5.75 Å². The zero-order chi connectivity index (χ0) is 13.9. The molecule has 0 bridgehead atoms. The SMILES string of the molecule is Cc1cc(Br)ccc1OCC(C(=N)N)C(F)(F)F. The molecule has 0 aliphatic carbocycles. The molecule has 100 valence electrons. The summed E-state index contributed by atoms with van der Waals surface area (Å²) >= 11 is 3.24. The Bertz CT molecular complexity index is 448. The summed E-state index contributed by atoms with van der Waals surface area (Å²) in [6, 6.07) is 4.96. The molecule has 0 saturated carbocycles. The second kappa shape index (κ2) is 5.60. The zero-order valence-electron chi connectivity index (χ0n) is 9.51. The van der Waals surface area contributed by atoms with Crippen molar-refractivity contribution in [3.05, 3.63) is 28.2 Å². The molecule has 0 aromatic heterocycles. The van der Waals surface area contributed by atoms with Gasteiger partial charge in [-0.15, -0.1) is 0 Å². The maximum atomic E-state index is 12.5. The van der Waals surface area contributed by atoms with Gasteiger partial charge in [-0.3, -0.25) is 5.41 Å². The van der Waals surface area contributed by atoms with Crippen molar-refractivity contribution in [3.63, 3.8) is 0 Å². The van der Waals surface area contributed by atoms with E-state index in [-0.39, 0.29) is 0 Å². The van der Waals surface area contributed by atoms with Crippen molar-refractivity contribution in [1.29, 1.82) is 5.41 Å². The van der Waals surface area contributed by atoms with Gasteiger partial charge in [0.15, 0.2) is 0 Å². The van der Waals surface area contributed by atoms with E-state index in [0.29, 0.717) is 11.3 Å². The van der Waals surface area contributed by atoms with E-state index >= 15 is 0 Å². The third kappa shape index (κ3) is 3.90. The summed E-state index contributed by atoms with van der Waals surface area (Å²) in [4.78, 5) is 0. The molecule has 7 heteroatoms. The van der Waals surface area contributed by atoms with Gasteiger partial charge in [-0.2, -0.15) is 13.2 Å². The number of aryl methyl sites for hydroxylation is 1. The molecule has 18 heavy (non-hydrogen) atoms. The average Bonchev–Trinajstić information content (AvgIpc) is 2.18. The molecule has 1 atom stereocenters. The van der Waals surface area contributed by atoms with Gasteiger partial charge in [0, 0.05) is 4.47 Å². The third-order valence-electron chi connectivity index (χ3n) is 2.31. The van der Waals surface area contributed by atoms with Gasteiger partial charge >= 0.3 is 6.18 Å². The zero-order valence-corrected chi connectivity index (χ0v) is 11.1. The number of nitrogens with two attached hydrogens (primary N) is 1. The van der Waals surface area contributed by atoms with Crippen LogP contribution < -0.4 is 10.5 Å². The molecule has 1 aromatic carbocycles. The van der Waals surface area contributed by atoms with Gasteiger partial charge in [-0.1, -0.05) is 15.9 Å². The molecular weight excluding hydrogens is 313 g/mol. The van der Waals surface area contributed by atoms with Crippen molar-refractivity contribution in [2.24, 2.45) is 11.7 Å². The highest BCUT2D eigenvalue weighted by Gasteiger charge is 2.42. The van der Waals surface area contributed by atoms with Gasteiger partial charge in [0.25, 0.3) is 0 Å². The molecule has 0 saturated heterocycles. The molecule has 3 N–H and O–H groups in total. The van der Waals surface area contributed by atoms with E-state index in [1.54, 1.807) is 25.1 Å². The smallest absolute Gasteiger partial charge is 0.401 e. The second-order valence-electron chi connectivity index (χ2n) is 3.77. The minimum atomic E-state index is -4.57. The second-order valence-corrected chi connectivity index (χ2v) is 4.69. The molecule has 0 heterocycles. The lowest BCUT2D eigenvalue weighted by atomic mass is 10.1. The number of halogens is 4. The summed E-state index contributed by atoms with van der Waals surface area (Å²) in [5.41, 5.74) is 5.63. The Kier molecular flexibility index (Phi) is 4.61. The van der Waals surface area contributed by atoms with Gasteiger partial charge in [-0.05, 0) is 30.7 Å². The molecule has 3 nitrogen and oxygen atoms in total. The molecular formula is C11H12BrF3N2O. The molecule has 1 unspecified atom stereocenters. The van der Waals surface area contributed by atoms with E-state index in [0.717, 1.165) is 4.47 Å². The number of hydrogen-bond acceptors (Lipinski definition) is 2. The first kappa shape index (κ1) is 14.8. The number of hydrogen-bond donors (Lipinski definition) is 2. The first-order valence-electron chi connectivity index (χ1n) is 5.01. The van der Waals surface area contributed by atoms with E-state index in [2.05, 4.69) is 15.9 Å². The normalized spacial score (nSPS) is 13.2. The predicted octanol–water partition coefficient (Wildman–Crippen LogP) is 3.25. The lowest BCUT2D eigenvalue weighted by molar-refractivity contribution is -0.162. The van der Waals surface area contributed by atoms with Crippen molar-refractivity contribution in [1.82, 2.24) is 0 Å². The van der Waals surface area contributed by atoms with Gasteiger partial charge < -0.3 is 10.5 Å². The predicted molar refractivity (Wildman–Crippen MR) is 65.8 cm³/mol. The highest BCUT2D eigenvalue weighted by atomic mass is 79.9. The standard InChI is InChI=1S/C11H12BrF3N2O/c1-6-4-7(12)2-3-9(6)18-5-8(10(16)17)11(13,14)15/h2-4,8H,5H2,1H3,(H3,16,17). The Morgan fingerprint density at radius 1 is 1.50 bits per heavy atom. The number of amidine groups is 1. The number of rotatable bonds is 4. The molecule has 0 aliphatic rings. The van der Waals surface area contributed by atoms with E-state index in [1.165, 1.54) is 0 Å². The number of nitrogens with one attached hydrogen (secondary N) is 1. The highest BCUT2D eigenvalue weighted by molar-refractivity contribution is 9.10. The molecule has 0 fully saturated rings. The molecule has 0 spiro atoms. The minimum absolute atomic E-state index is 0.341. The van der Waals surface area contributed by atoms with Gasteiger partial charge in [0.1, 0.15) is 24.1 Å². The van der Waals surface area contributed by atoms with Crippen molar-refractivity contribution in [2.75, 3.05) is 6.61 Å². The molecule has 0 radical (unpaired) electrons. The maximum absolute atomic E-state index is 12.5. The van der Waals surface area contributed by atoms with Crippen LogP contribution in [0.2, 0.25) is 0 Å². The van der Waals surface area contributed by atoms with Crippen LogP contribution in [0.3, 0.4) is 0 Å². The van der Waals surface area contributed by atoms with Crippen LogP contribution in [-0.4, -0.2) is 18.6 Å². The van der Waals surface area contributed by atoms with Crippen LogP contribution in [0.15, 0.2) is 22.7 Å². The number of ether oxygens (including phenoxy) is 1. The number of benzene rings is 1. The van der Waals surface area contributed by atoms with E-state index in [1.807, 2.05) is 0 Å². The quantitative estimate of drug-likeness (QED) is 0.659. The van der Waals surface area contributed by atoms with Crippen molar-refractivity contribution >= 4 is 21.8 Å². The Morgan fingerprint density at radius 3 is 2.56 bits per heavy atom. The lowest BCUT2D eigenvalue weighted by Crippen LogP contribution is -2.39. The largest absolute Gasteiger partial charge is 0.492 e. The van der Waals surface area contributed by atoms with E-state index in [4.69, 9.17) is 15.9 Å². The summed E-state index contributed by atoms with van der Waals surface area (Å²) in [7, 11) is 0. The lowest BCUT2D eigenvalue weighted by Gasteiger charge is -2.20. The summed E-state index contributed by atoms with van der Waals surface area (Å²) in [5.74, 6) is -2.69. The topological polar surface area (TPSA) is 59.1 Å². The Morgan fingerprint density at radius 2 is 2.11 bits per heavy atom. The monoisotopic (exact) mass is 324 g/mol. The van der Waals surface area contributed by atoms with E-state index in [9.17, 15) is 13.2 Å². The highest BCUT2D eigenvalue weighted by Crippen LogP contribution is 2.28. The fourth-order valence-electron chi connectivity index (χ4n) is 1.31. The van der Waals surface area contributed by atoms with Crippen LogP contribution in [0, 0.1) is 18.3 Å². The first-order valence-corrected chi connectivity index (χ1v) is 5.80. The van der Waals surface area contributed by atoms with Crippen LogP contribution in [0.5, 0.6) is 5.75 Å². The Labute approximate surface area is 111 Å². The molecule has 0 aliphatic heterocycles. The first-order chi connectivity index (χ1) is 8.21. The minimum Gasteiger partial charge on any atom is -0.492 e. The van der Waals surface area contributed by atoms with Crippen LogP contribution in [0.4, 0.5) is 13.2 Å².